The van der Waals surface area contributed by atoms with Crippen molar-refractivity contribution in [2.24, 2.45) is 7.05 Å². The molecule has 0 atom stereocenters. The topological polar surface area (TPSA) is 76.8 Å². The lowest BCUT2D eigenvalue weighted by Gasteiger charge is -2.33. The van der Waals surface area contributed by atoms with Crippen LogP contribution in [0.5, 0.6) is 0 Å². The summed E-state index contributed by atoms with van der Waals surface area (Å²) in [5.41, 5.74) is -0.137. The number of anilines is 1. The van der Waals surface area contributed by atoms with Crippen molar-refractivity contribution in [3.8, 4) is 11.4 Å². The van der Waals surface area contributed by atoms with Crippen molar-refractivity contribution >= 4 is 23.2 Å². The molecule has 1 fully saturated rings. The summed E-state index contributed by atoms with van der Waals surface area (Å²) < 4.78 is 39.9. The van der Waals surface area contributed by atoms with Gasteiger partial charge in [0, 0.05) is 26.3 Å². The van der Waals surface area contributed by atoms with Crippen LogP contribution in [0.4, 0.5) is 19.0 Å². The van der Waals surface area contributed by atoms with Crippen LogP contribution in [0.2, 0.25) is 5.15 Å². The van der Waals surface area contributed by atoms with E-state index in [1.165, 1.54) is 23.3 Å². The van der Waals surface area contributed by atoms with Gasteiger partial charge in [-0.05, 0) is 18.6 Å². The highest BCUT2D eigenvalue weighted by atomic mass is 35.5. The summed E-state index contributed by atoms with van der Waals surface area (Å²) in [6.07, 6.45) is -0.185. The molecule has 0 N–H and O–H groups in total. The number of carbonyl (C=O) groups is 1. The highest BCUT2D eigenvalue weighted by molar-refractivity contribution is 6.35. The summed E-state index contributed by atoms with van der Waals surface area (Å²) in [5.74, 6) is -0.0428. The highest BCUT2D eigenvalue weighted by Gasteiger charge is 2.32. The lowest BCUT2D eigenvalue weighted by Crippen LogP contribution is -2.39. The first-order valence-corrected chi connectivity index (χ1v) is 9.01. The minimum Gasteiger partial charge on any atom is -0.356 e. The van der Waals surface area contributed by atoms with Gasteiger partial charge in [-0.25, -0.2) is 9.97 Å². The fourth-order valence-corrected chi connectivity index (χ4v) is 3.28. The van der Waals surface area contributed by atoms with Crippen LogP contribution in [0.3, 0.4) is 0 Å². The maximum Gasteiger partial charge on any atom is 0.417 e. The van der Waals surface area contributed by atoms with E-state index >= 15 is 0 Å². The number of nitrogens with zero attached hydrogens (tertiary/aromatic N) is 6. The Morgan fingerprint density at radius 1 is 1.14 bits per heavy atom. The quantitative estimate of drug-likeness (QED) is 0.474. The SMILES string of the molecule is Cn1ncc(C(=O)c2c(Cl)ncnc2N2CCC2)c1-c1ccc(C(F)(F)F)cn1. The molecule has 3 aromatic heterocycles. The van der Waals surface area contributed by atoms with Crippen molar-refractivity contribution < 1.29 is 18.0 Å². The largest absolute Gasteiger partial charge is 0.417 e. The molecule has 4 heterocycles. The maximum atomic E-state index is 13.3. The zero-order chi connectivity index (χ0) is 20.8. The third-order valence-electron chi connectivity index (χ3n) is 4.68. The lowest BCUT2D eigenvalue weighted by molar-refractivity contribution is -0.137. The second-order valence-corrected chi connectivity index (χ2v) is 6.85. The predicted molar refractivity (Wildman–Crippen MR) is 98.7 cm³/mol. The smallest absolute Gasteiger partial charge is 0.356 e. The number of ketones is 1. The Bertz CT molecular complexity index is 1080. The van der Waals surface area contributed by atoms with E-state index in [0.29, 0.717) is 5.82 Å². The molecule has 7 nitrogen and oxygen atoms in total. The Morgan fingerprint density at radius 2 is 1.90 bits per heavy atom. The summed E-state index contributed by atoms with van der Waals surface area (Å²) >= 11 is 6.21. The van der Waals surface area contributed by atoms with Gasteiger partial charge in [-0.2, -0.15) is 18.3 Å². The van der Waals surface area contributed by atoms with Gasteiger partial charge in [0.15, 0.2) is 0 Å². The number of hydrogen-bond acceptors (Lipinski definition) is 6. The third kappa shape index (κ3) is 3.44. The number of aryl methyl sites for hydroxylation is 1. The monoisotopic (exact) mass is 422 g/mol. The second-order valence-electron chi connectivity index (χ2n) is 6.49. The van der Waals surface area contributed by atoms with E-state index in [-0.39, 0.29) is 27.7 Å². The highest BCUT2D eigenvalue weighted by Crippen LogP contribution is 2.33. The normalized spacial score (nSPS) is 14.0. The average Bonchev–Trinajstić information content (AvgIpc) is 3.01. The van der Waals surface area contributed by atoms with Crippen molar-refractivity contribution in [3.05, 3.63) is 52.7 Å². The Balaban J connectivity index is 1.78. The molecular weight excluding hydrogens is 409 g/mol. The molecule has 11 heteroatoms. The molecule has 1 saturated heterocycles. The van der Waals surface area contributed by atoms with Crippen molar-refractivity contribution in [1.29, 1.82) is 0 Å². The van der Waals surface area contributed by atoms with Crippen LogP contribution in [0.1, 0.15) is 27.9 Å². The van der Waals surface area contributed by atoms with E-state index < -0.39 is 17.5 Å². The molecule has 150 valence electrons. The van der Waals surface area contributed by atoms with Crippen molar-refractivity contribution in [2.45, 2.75) is 12.6 Å². The predicted octanol–water partition coefficient (Wildman–Crippen LogP) is 3.39. The summed E-state index contributed by atoms with van der Waals surface area (Å²) in [6.45, 7) is 1.49. The number of carbonyl (C=O) groups excluding carboxylic acids is 1. The fraction of sp³-hybridized carbons (Fsp3) is 0.278. The van der Waals surface area contributed by atoms with E-state index in [4.69, 9.17) is 11.6 Å². The lowest BCUT2D eigenvalue weighted by atomic mass is 10.0. The molecule has 29 heavy (non-hydrogen) atoms. The first-order chi connectivity index (χ1) is 13.8. The molecule has 0 amide bonds. The summed E-state index contributed by atoms with van der Waals surface area (Å²) in [4.78, 5) is 27.2. The van der Waals surface area contributed by atoms with Gasteiger partial charge >= 0.3 is 6.18 Å². The fourth-order valence-electron chi connectivity index (χ4n) is 3.06. The number of hydrogen-bond donors (Lipinski definition) is 0. The van der Waals surface area contributed by atoms with Crippen LogP contribution in [-0.2, 0) is 13.2 Å². The molecule has 1 aliphatic rings. The van der Waals surface area contributed by atoms with Crippen LogP contribution in [0.25, 0.3) is 11.4 Å². The molecule has 3 aromatic rings. The molecule has 0 aromatic carbocycles. The average molecular weight is 423 g/mol. The minimum absolute atomic E-state index is 0.00193. The van der Waals surface area contributed by atoms with Crippen LogP contribution in [0, 0.1) is 0 Å². The van der Waals surface area contributed by atoms with E-state index in [0.717, 1.165) is 31.8 Å². The van der Waals surface area contributed by atoms with Gasteiger partial charge in [0.25, 0.3) is 0 Å². The van der Waals surface area contributed by atoms with Gasteiger partial charge in [-0.3, -0.25) is 14.5 Å². The number of aromatic nitrogens is 5. The van der Waals surface area contributed by atoms with E-state index in [9.17, 15) is 18.0 Å². The van der Waals surface area contributed by atoms with Gasteiger partial charge in [-0.15, -0.1) is 0 Å². The number of alkyl halides is 3. The Labute approximate surface area is 168 Å². The standard InChI is InChI=1S/C18H14ClF3N6O/c1-27-14(12-4-3-10(7-23-12)18(20,21)22)11(8-26-27)15(29)13-16(19)24-9-25-17(13)28-5-2-6-28/h3-4,7-9H,2,5-6H2,1H3. The van der Waals surface area contributed by atoms with Crippen LogP contribution in [0.15, 0.2) is 30.9 Å². The van der Waals surface area contributed by atoms with Gasteiger partial charge in [0.05, 0.1) is 28.7 Å². The number of halogens is 4. The molecule has 0 spiro atoms. The van der Waals surface area contributed by atoms with Crippen LogP contribution < -0.4 is 4.90 Å². The van der Waals surface area contributed by atoms with Crippen LogP contribution in [-0.4, -0.2) is 43.6 Å². The van der Waals surface area contributed by atoms with Gasteiger partial charge < -0.3 is 4.90 Å². The summed E-state index contributed by atoms with van der Waals surface area (Å²) in [7, 11) is 1.57. The molecule has 0 aliphatic carbocycles. The molecule has 0 unspecified atom stereocenters. The second kappa shape index (κ2) is 7.11. The van der Waals surface area contributed by atoms with Crippen molar-refractivity contribution in [3.63, 3.8) is 0 Å². The van der Waals surface area contributed by atoms with Gasteiger partial charge in [0.2, 0.25) is 5.78 Å². The number of rotatable bonds is 4. The molecule has 0 saturated carbocycles. The molecule has 0 bridgehead atoms. The Morgan fingerprint density at radius 3 is 2.48 bits per heavy atom. The molecular formula is C18H14ClF3N6O. The molecule has 4 rings (SSSR count). The van der Waals surface area contributed by atoms with Crippen molar-refractivity contribution in [2.75, 3.05) is 18.0 Å². The third-order valence-corrected chi connectivity index (χ3v) is 4.97. The summed E-state index contributed by atoms with van der Waals surface area (Å²) in [6, 6.07) is 2.11. The Hall–Kier alpha value is -3.01. The van der Waals surface area contributed by atoms with E-state index in [1.54, 1.807) is 7.05 Å². The first-order valence-electron chi connectivity index (χ1n) is 8.63. The Kier molecular flexibility index (Phi) is 4.73. The van der Waals surface area contributed by atoms with E-state index in [1.807, 2.05) is 4.90 Å². The maximum absolute atomic E-state index is 13.3. The van der Waals surface area contributed by atoms with Crippen molar-refractivity contribution in [1.82, 2.24) is 24.7 Å². The van der Waals surface area contributed by atoms with Gasteiger partial charge in [-0.1, -0.05) is 11.6 Å². The molecule has 0 radical (unpaired) electrons. The summed E-state index contributed by atoms with van der Waals surface area (Å²) in [5, 5.41) is 4.09. The first kappa shape index (κ1) is 19.3. The zero-order valence-electron chi connectivity index (χ0n) is 15.1. The number of pyridine rings is 1. The minimum atomic E-state index is -4.50. The van der Waals surface area contributed by atoms with E-state index in [2.05, 4.69) is 20.1 Å². The zero-order valence-corrected chi connectivity index (χ0v) is 15.9. The van der Waals surface area contributed by atoms with Gasteiger partial charge in [0.1, 0.15) is 22.9 Å². The molecule has 1 aliphatic heterocycles. The van der Waals surface area contributed by atoms with Crippen LogP contribution >= 0.6 is 11.6 Å².